The van der Waals surface area contributed by atoms with Gasteiger partial charge in [-0.3, -0.25) is 0 Å². The van der Waals surface area contributed by atoms with Crippen LogP contribution in [-0.2, 0) is 0 Å². The fourth-order valence-corrected chi connectivity index (χ4v) is 2.95. The molecule has 18 heavy (non-hydrogen) atoms. The van der Waals surface area contributed by atoms with Crippen molar-refractivity contribution in [3.8, 4) is 0 Å². The molecule has 0 atom stereocenters. The van der Waals surface area contributed by atoms with E-state index in [-0.39, 0.29) is 0 Å². The van der Waals surface area contributed by atoms with Crippen LogP contribution in [0.2, 0.25) is 0 Å². The van der Waals surface area contributed by atoms with E-state index in [0.29, 0.717) is 5.41 Å². The molecule has 0 radical (unpaired) electrons. The predicted molar refractivity (Wildman–Crippen MR) is 80.8 cm³/mol. The predicted octanol–water partition coefficient (Wildman–Crippen LogP) is 3.80. The molecule has 2 nitrogen and oxygen atoms in total. The summed E-state index contributed by atoms with van der Waals surface area (Å²) in [6.07, 6.45) is 12.5. The molecule has 0 saturated heterocycles. The third kappa shape index (κ3) is 6.19. The molecule has 0 heterocycles. The Morgan fingerprint density at radius 2 is 1.67 bits per heavy atom. The van der Waals surface area contributed by atoms with Gasteiger partial charge in [0.25, 0.3) is 0 Å². The summed E-state index contributed by atoms with van der Waals surface area (Å²) in [4.78, 5) is 2.61. The highest BCUT2D eigenvalue weighted by molar-refractivity contribution is 4.73. The van der Waals surface area contributed by atoms with Crippen molar-refractivity contribution >= 4 is 0 Å². The lowest BCUT2D eigenvalue weighted by Gasteiger charge is -2.28. The van der Waals surface area contributed by atoms with Gasteiger partial charge in [-0.1, -0.05) is 46.0 Å². The van der Waals surface area contributed by atoms with E-state index in [9.17, 15) is 0 Å². The van der Waals surface area contributed by atoms with Crippen molar-refractivity contribution in [3.05, 3.63) is 0 Å². The molecule has 0 aliphatic heterocycles. The molecule has 108 valence electrons. The third-order valence-electron chi connectivity index (χ3n) is 4.62. The zero-order valence-corrected chi connectivity index (χ0v) is 12.9. The van der Waals surface area contributed by atoms with E-state index in [2.05, 4.69) is 25.8 Å². The Morgan fingerprint density at radius 1 is 1.06 bits per heavy atom. The molecular weight excluding hydrogens is 220 g/mol. The highest BCUT2D eigenvalue weighted by Crippen LogP contribution is 2.23. The van der Waals surface area contributed by atoms with E-state index in [4.69, 9.17) is 5.73 Å². The lowest BCUT2D eigenvalue weighted by molar-refractivity contribution is 0.211. The molecule has 0 aromatic rings. The molecule has 2 heteroatoms. The van der Waals surface area contributed by atoms with Crippen molar-refractivity contribution in [2.45, 2.75) is 77.7 Å². The lowest BCUT2D eigenvalue weighted by atomic mass is 9.87. The van der Waals surface area contributed by atoms with Crippen molar-refractivity contribution in [1.29, 1.82) is 0 Å². The minimum atomic E-state index is 0.334. The van der Waals surface area contributed by atoms with Crippen LogP contribution in [-0.4, -0.2) is 31.1 Å². The van der Waals surface area contributed by atoms with Crippen LogP contribution in [0, 0.1) is 5.41 Å². The smallest absolute Gasteiger partial charge is 0.00922 e. The number of hydrogen-bond donors (Lipinski definition) is 1. The van der Waals surface area contributed by atoms with Gasteiger partial charge in [0, 0.05) is 6.04 Å². The maximum Gasteiger partial charge on any atom is 0.00922 e. The Balaban J connectivity index is 2.14. The lowest BCUT2D eigenvalue weighted by Crippen LogP contribution is -2.32. The molecular formula is C16H34N2. The molecule has 0 bridgehead atoms. The van der Waals surface area contributed by atoms with Gasteiger partial charge in [0.05, 0.1) is 0 Å². The third-order valence-corrected chi connectivity index (χ3v) is 4.62. The quantitative estimate of drug-likeness (QED) is 0.553. The van der Waals surface area contributed by atoms with Crippen molar-refractivity contribution in [2.24, 2.45) is 11.1 Å². The SMILES string of the molecule is CN(CCCCC(C)(C)CN)C1CCCCCC1. The van der Waals surface area contributed by atoms with Crippen LogP contribution in [0.4, 0.5) is 0 Å². The van der Waals surface area contributed by atoms with Gasteiger partial charge in [-0.05, 0) is 51.2 Å². The summed E-state index contributed by atoms with van der Waals surface area (Å²) in [5.74, 6) is 0. The Hall–Kier alpha value is -0.0800. The number of rotatable bonds is 7. The van der Waals surface area contributed by atoms with E-state index in [0.717, 1.165) is 12.6 Å². The van der Waals surface area contributed by atoms with Gasteiger partial charge >= 0.3 is 0 Å². The molecule has 2 N–H and O–H groups in total. The number of unbranched alkanes of at least 4 members (excludes halogenated alkanes) is 1. The highest BCUT2D eigenvalue weighted by Gasteiger charge is 2.17. The van der Waals surface area contributed by atoms with Crippen molar-refractivity contribution in [2.75, 3.05) is 20.1 Å². The van der Waals surface area contributed by atoms with Crippen molar-refractivity contribution in [3.63, 3.8) is 0 Å². The average Bonchev–Trinajstić information content (AvgIpc) is 2.63. The normalized spacial score (nSPS) is 19.2. The molecule has 1 fully saturated rings. The average molecular weight is 254 g/mol. The van der Waals surface area contributed by atoms with E-state index in [1.54, 1.807) is 0 Å². The minimum absolute atomic E-state index is 0.334. The summed E-state index contributed by atoms with van der Waals surface area (Å²) in [5, 5.41) is 0. The van der Waals surface area contributed by atoms with E-state index in [1.807, 2.05) is 0 Å². The van der Waals surface area contributed by atoms with Gasteiger partial charge < -0.3 is 10.6 Å². The Kier molecular flexibility index (Phi) is 7.25. The van der Waals surface area contributed by atoms with Gasteiger partial charge in [0.1, 0.15) is 0 Å². The molecule has 0 unspecified atom stereocenters. The molecule has 0 aromatic carbocycles. The second-order valence-electron chi connectivity index (χ2n) is 6.95. The number of hydrogen-bond acceptors (Lipinski definition) is 2. The van der Waals surface area contributed by atoms with Crippen LogP contribution in [0.15, 0.2) is 0 Å². The topological polar surface area (TPSA) is 29.3 Å². The van der Waals surface area contributed by atoms with E-state index >= 15 is 0 Å². The number of nitrogens with two attached hydrogens (primary N) is 1. The van der Waals surface area contributed by atoms with Gasteiger partial charge in [-0.25, -0.2) is 0 Å². The molecule has 0 amide bonds. The first-order valence-electron chi connectivity index (χ1n) is 7.95. The van der Waals surface area contributed by atoms with E-state index in [1.165, 1.54) is 64.3 Å². The highest BCUT2D eigenvalue weighted by atomic mass is 15.1. The summed E-state index contributed by atoms with van der Waals surface area (Å²) in [5.41, 5.74) is 6.11. The zero-order valence-electron chi connectivity index (χ0n) is 12.9. The second-order valence-corrected chi connectivity index (χ2v) is 6.95. The summed E-state index contributed by atoms with van der Waals surface area (Å²) < 4.78 is 0. The monoisotopic (exact) mass is 254 g/mol. The maximum atomic E-state index is 5.77. The van der Waals surface area contributed by atoms with Gasteiger partial charge in [0.15, 0.2) is 0 Å². The first kappa shape index (κ1) is 16.0. The van der Waals surface area contributed by atoms with Crippen LogP contribution < -0.4 is 5.73 Å². The van der Waals surface area contributed by atoms with Gasteiger partial charge in [-0.2, -0.15) is 0 Å². The zero-order chi connectivity index (χ0) is 13.4. The van der Waals surface area contributed by atoms with Crippen LogP contribution in [0.25, 0.3) is 0 Å². The molecule has 1 saturated carbocycles. The second kappa shape index (κ2) is 8.16. The summed E-state index contributed by atoms with van der Waals surface area (Å²) in [6.45, 7) is 6.64. The fraction of sp³-hybridized carbons (Fsp3) is 1.00. The molecule has 1 rings (SSSR count). The Bertz CT molecular complexity index is 205. The van der Waals surface area contributed by atoms with Crippen molar-refractivity contribution < 1.29 is 0 Å². The fourth-order valence-electron chi connectivity index (χ4n) is 2.95. The standard InChI is InChI=1S/C16H34N2/c1-16(2,14-17)12-8-9-13-18(3)15-10-6-4-5-7-11-15/h15H,4-14,17H2,1-3H3. The molecule has 0 aromatic heterocycles. The Morgan fingerprint density at radius 3 is 2.22 bits per heavy atom. The Labute approximate surface area is 114 Å². The molecule has 1 aliphatic carbocycles. The summed E-state index contributed by atoms with van der Waals surface area (Å²) in [7, 11) is 2.32. The largest absolute Gasteiger partial charge is 0.330 e. The van der Waals surface area contributed by atoms with E-state index < -0.39 is 0 Å². The maximum absolute atomic E-state index is 5.77. The van der Waals surface area contributed by atoms with Crippen LogP contribution in [0.5, 0.6) is 0 Å². The first-order valence-corrected chi connectivity index (χ1v) is 7.95. The molecule has 0 spiro atoms. The summed E-state index contributed by atoms with van der Waals surface area (Å²) in [6, 6.07) is 0.856. The van der Waals surface area contributed by atoms with Crippen molar-refractivity contribution in [1.82, 2.24) is 4.90 Å². The molecule has 1 aliphatic rings. The minimum Gasteiger partial charge on any atom is -0.330 e. The summed E-state index contributed by atoms with van der Waals surface area (Å²) >= 11 is 0. The number of nitrogens with zero attached hydrogens (tertiary/aromatic N) is 1. The van der Waals surface area contributed by atoms with Gasteiger partial charge in [-0.15, -0.1) is 0 Å². The van der Waals surface area contributed by atoms with Gasteiger partial charge in [0.2, 0.25) is 0 Å². The van der Waals surface area contributed by atoms with Crippen LogP contribution >= 0.6 is 0 Å². The van der Waals surface area contributed by atoms with Crippen LogP contribution in [0.1, 0.15) is 71.6 Å². The van der Waals surface area contributed by atoms with Crippen LogP contribution in [0.3, 0.4) is 0 Å². The first-order chi connectivity index (χ1) is 8.55.